The average Bonchev–Trinajstić information content (AvgIpc) is 2.66. The molecule has 0 aliphatic carbocycles. The van der Waals surface area contributed by atoms with Gasteiger partial charge in [-0.25, -0.2) is 0 Å². The normalized spacial score (nSPS) is 29.3. The molecule has 2 fully saturated rings. The highest BCUT2D eigenvalue weighted by molar-refractivity contribution is 9.09. The van der Waals surface area contributed by atoms with E-state index in [9.17, 15) is 19.8 Å². The van der Waals surface area contributed by atoms with Crippen molar-refractivity contribution in [1.29, 1.82) is 0 Å². The van der Waals surface area contributed by atoms with Crippen LogP contribution in [0.1, 0.15) is 25.7 Å². The summed E-state index contributed by atoms with van der Waals surface area (Å²) in [4.78, 5) is 22.9. The van der Waals surface area contributed by atoms with Crippen molar-refractivity contribution < 1.29 is 24.3 Å². The molecule has 0 radical (unpaired) electrons. The SMILES string of the molecule is O=C(O)C1(C(=O)O)CC(CBr)[N+]2(CCCCC2)C1. The van der Waals surface area contributed by atoms with Crippen LogP contribution in [0.2, 0.25) is 0 Å². The Morgan fingerprint density at radius 1 is 1.17 bits per heavy atom. The molecule has 102 valence electrons. The molecule has 0 aromatic carbocycles. The van der Waals surface area contributed by atoms with E-state index >= 15 is 0 Å². The third-order valence-corrected chi connectivity index (χ3v) is 5.39. The molecule has 6 heteroatoms. The van der Waals surface area contributed by atoms with Gasteiger partial charge in [0.25, 0.3) is 0 Å². The first-order chi connectivity index (χ1) is 8.47. The van der Waals surface area contributed by atoms with Crippen LogP contribution < -0.4 is 0 Å². The first-order valence-corrected chi connectivity index (χ1v) is 7.47. The first-order valence-electron chi connectivity index (χ1n) is 6.35. The van der Waals surface area contributed by atoms with Crippen LogP contribution in [0, 0.1) is 5.41 Å². The molecule has 2 N–H and O–H groups in total. The zero-order valence-electron chi connectivity index (χ0n) is 10.3. The highest BCUT2D eigenvalue weighted by atomic mass is 79.9. The number of carbonyl (C=O) groups is 2. The number of carboxylic acid groups (broad SMARTS) is 2. The van der Waals surface area contributed by atoms with Gasteiger partial charge in [-0.05, 0) is 19.3 Å². The lowest BCUT2D eigenvalue weighted by Crippen LogP contribution is -2.57. The van der Waals surface area contributed by atoms with Crippen LogP contribution in [0.5, 0.6) is 0 Å². The summed E-state index contributed by atoms with van der Waals surface area (Å²) >= 11 is 3.44. The Labute approximate surface area is 114 Å². The second kappa shape index (κ2) is 4.81. The number of piperidine rings is 1. The summed E-state index contributed by atoms with van der Waals surface area (Å²) in [5.41, 5.74) is -1.59. The summed E-state index contributed by atoms with van der Waals surface area (Å²) in [6, 6.07) is 0.109. The van der Waals surface area contributed by atoms with E-state index < -0.39 is 17.4 Å². The van der Waals surface area contributed by atoms with E-state index in [1.165, 1.54) is 6.42 Å². The summed E-state index contributed by atoms with van der Waals surface area (Å²) in [6.07, 6.45) is 3.54. The monoisotopic (exact) mass is 320 g/mol. The number of nitrogens with zero attached hydrogens (tertiary/aromatic N) is 1. The Morgan fingerprint density at radius 2 is 1.72 bits per heavy atom. The summed E-state index contributed by atoms with van der Waals surface area (Å²) in [5, 5.41) is 19.4. The number of hydrogen-bond donors (Lipinski definition) is 2. The Morgan fingerprint density at radius 3 is 2.17 bits per heavy atom. The average molecular weight is 321 g/mol. The van der Waals surface area contributed by atoms with Gasteiger partial charge in [-0.2, -0.15) is 0 Å². The van der Waals surface area contributed by atoms with Gasteiger partial charge in [0, 0.05) is 6.42 Å². The van der Waals surface area contributed by atoms with Crippen molar-refractivity contribution in [1.82, 2.24) is 0 Å². The van der Waals surface area contributed by atoms with E-state index in [0.29, 0.717) is 9.81 Å². The minimum absolute atomic E-state index is 0.109. The fraction of sp³-hybridized carbons (Fsp3) is 0.833. The molecule has 0 aromatic heterocycles. The number of aliphatic carboxylic acids is 2. The van der Waals surface area contributed by atoms with Crippen molar-refractivity contribution in [2.24, 2.45) is 5.41 Å². The van der Waals surface area contributed by atoms with E-state index in [-0.39, 0.29) is 19.0 Å². The van der Waals surface area contributed by atoms with Gasteiger partial charge in [0.1, 0.15) is 12.6 Å². The van der Waals surface area contributed by atoms with Crippen LogP contribution in [0.15, 0.2) is 0 Å². The fourth-order valence-electron chi connectivity index (χ4n) is 3.59. The van der Waals surface area contributed by atoms with Gasteiger partial charge < -0.3 is 14.7 Å². The van der Waals surface area contributed by atoms with Gasteiger partial charge in [0.15, 0.2) is 0 Å². The standard InChI is InChI=1S/C12H18BrNO4/c13-7-9-6-12(10(15)16,11(17)18)8-14(9)4-2-1-3-5-14/h9H,1-8H2,(H-,15,16,17,18)/p+1. The van der Waals surface area contributed by atoms with Crippen LogP contribution in [-0.2, 0) is 9.59 Å². The van der Waals surface area contributed by atoms with E-state index in [2.05, 4.69) is 15.9 Å². The predicted molar refractivity (Wildman–Crippen MR) is 68.6 cm³/mol. The molecule has 2 rings (SSSR count). The van der Waals surface area contributed by atoms with Gasteiger partial charge >= 0.3 is 11.9 Å². The maximum atomic E-state index is 11.4. The third-order valence-electron chi connectivity index (χ3n) is 4.65. The largest absolute Gasteiger partial charge is 0.480 e. The summed E-state index contributed by atoms with van der Waals surface area (Å²) in [5.74, 6) is -2.36. The van der Waals surface area contributed by atoms with Crippen molar-refractivity contribution in [2.45, 2.75) is 31.7 Å². The van der Waals surface area contributed by atoms with Crippen LogP contribution in [-0.4, -0.2) is 57.6 Å². The molecular weight excluding hydrogens is 302 g/mol. The van der Waals surface area contributed by atoms with Crippen LogP contribution in [0.3, 0.4) is 0 Å². The van der Waals surface area contributed by atoms with E-state index in [4.69, 9.17) is 0 Å². The van der Waals surface area contributed by atoms with Gasteiger partial charge in [0.05, 0.1) is 18.4 Å². The Hall–Kier alpha value is -0.620. The van der Waals surface area contributed by atoms with Crippen molar-refractivity contribution in [3.8, 4) is 0 Å². The van der Waals surface area contributed by atoms with E-state index in [0.717, 1.165) is 25.9 Å². The predicted octanol–water partition coefficient (Wildman–Crippen LogP) is 1.31. The molecule has 2 saturated heterocycles. The van der Waals surface area contributed by atoms with Gasteiger partial charge in [-0.15, -0.1) is 0 Å². The number of alkyl halides is 1. The van der Waals surface area contributed by atoms with Crippen molar-refractivity contribution in [3.63, 3.8) is 0 Å². The maximum absolute atomic E-state index is 11.4. The molecule has 5 nitrogen and oxygen atoms in total. The molecule has 18 heavy (non-hydrogen) atoms. The molecule has 0 aromatic rings. The van der Waals surface area contributed by atoms with Gasteiger partial charge in [-0.1, -0.05) is 15.9 Å². The Kier molecular flexibility index (Phi) is 3.69. The minimum atomic E-state index is -1.59. The number of carboxylic acids is 2. The maximum Gasteiger partial charge on any atom is 0.327 e. The highest BCUT2D eigenvalue weighted by Gasteiger charge is 2.63. The van der Waals surface area contributed by atoms with Crippen molar-refractivity contribution >= 4 is 27.9 Å². The van der Waals surface area contributed by atoms with E-state index in [1.54, 1.807) is 0 Å². The number of quaternary nitrogens is 1. The number of hydrogen-bond acceptors (Lipinski definition) is 2. The van der Waals surface area contributed by atoms with Gasteiger partial charge in [0.2, 0.25) is 5.41 Å². The molecular formula is C12H19BrNO4+. The molecule has 1 atom stereocenters. The zero-order valence-corrected chi connectivity index (χ0v) is 11.9. The number of rotatable bonds is 3. The molecule has 1 unspecified atom stereocenters. The third kappa shape index (κ3) is 1.95. The summed E-state index contributed by atoms with van der Waals surface area (Å²) < 4.78 is 0.670. The van der Waals surface area contributed by atoms with Crippen LogP contribution in [0.25, 0.3) is 0 Å². The molecule has 0 amide bonds. The Bertz CT molecular complexity index is 351. The van der Waals surface area contributed by atoms with Crippen LogP contribution in [0.4, 0.5) is 0 Å². The molecule has 2 heterocycles. The molecule has 1 spiro atoms. The minimum Gasteiger partial charge on any atom is -0.480 e. The summed E-state index contributed by atoms with van der Waals surface area (Å²) in [7, 11) is 0. The second-order valence-electron chi connectivity index (χ2n) is 5.59. The van der Waals surface area contributed by atoms with Crippen molar-refractivity contribution in [3.05, 3.63) is 0 Å². The molecule has 0 saturated carbocycles. The molecule has 2 aliphatic heterocycles. The summed E-state index contributed by atoms with van der Waals surface area (Å²) in [6.45, 7) is 2.07. The van der Waals surface area contributed by atoms with Crippen LogP contribution >= 0.6 is 15.9 Å². The molecule has 0 bridgehead atoms. The lowest BCUT2D eigenvalue weighted by molar-refractivity contribution is -0.942. The van der Waals surface area contributed by atoms with Gasteiger partial charge in [-0.3, -0.25) is 9.59 Å². The smallest absolute Gasteiger partial charge is 0.327 e. The lowest BCUT2D eigenvalue weighted by Gasteiger charge is -2.42. The number of halogens is 1. The zero-order chi connectivity index (χ0) is 13.4. The quantitative estimate of drug-likeness (QED) is 0.467. The first kappa shape index (κ1) is 13.8. The second-order valence-corrected chi connectivity index (χ2v) is 6.24. The highest BCUT2D eigenvalue weighted by Crippen LogP contribution is 2.43. The fourth-order valence-corrected chi connectivity index (χ4v) is 4.44. The molecule has 2 aliphatic rings. The van der Waals surface area contributed by atoms with E-state index in [1.807, 2.05) is 0 Å². The topological polar surface area (TPSA) is 74.6 Å². The Balaban J connectivity index is 2.34. The lowest BCUT2D eigenvalue weighted by atomic mass is 9.86. The van der Waals surface area contributed by atoms with Crippen molar-refractivity contribution in [2.75, 3.05) is 25.0 Å².